The molecule has 0 bridgehead atoms. The molecule has 1 fully saturated rings. The largest absolute Gasteiger partial charge is 0.497 e. The minimum absolute atomic E-state index is 0.135. The Labute approximate surface area is 167 Å². The summed E-state index contributed by atoms with van der Waals surface area (Å²) in [5.74, 6) is 0.166. The number of hydrogen-bond acceptors (Lipinski definition) is 3. The first-order chi connectivity index (χ1) is 13.1. The van der Waals surface area contributed by atoms with Gasteiger partial charge in [-0.1, -0.05) is 44.7 Å². The Morgan fingerprint density at radius 2 is 2.04 bits per heavy atom. The van der Waals surface area contributed by atoms with Crippen LogP contribution in [0.25, 0.3) is 0 Å². The molecule has 0 spiro atoms. The minimum atomic E-state index is -0.695. The van der Waals surface area contributed by atoms with Crippen molar-refractivity contribution < 1.29 is 14.3 Å². The number of amides is 2. The SMILES string of the molecule is CCCCN(C(=O)CCl)[C@@H](C(=O)NC1CCCCC1)c1cccc(OC)c1. The molecule has 1 aliphatic carbocycles. The zero-order chi connectivity index (χ0) is 19.6. The summed E-state index contributed by atoms with van der Waals surface area (Å²) in [7, 11) is 1.59. The molecule has 0 aliphatic heterocycles. The van der Waals surface area contributed by atoms with Crippen LogP contribution in [0, 0.1) is 0 Å². The number of alkyl halides is 1. The van der Waals surface area contributed by atoms with Crippen LogP contribution in [0.5, 0.6) is 5.75 Å². The molecule has 0 saturated heterocycles. The number of hydrogen-bond donors (Lipinski definition) is 1. The molecule has 150 valence electrons. The van der Waals surface area contributed by atoms with Crippen molar-refractivity contribution in [1.29, 1.82) is 0 Å². The van der Waals surface area contributed by atoms with Crippen molar-refractivity contribution in [2.75, 3.05) is 19.5 Å². The first-order valence-electron chi connectivity index (χ1n) is 9.90. The Bertz CT molecular complexity index is 617. The van der Waals surface area contributed by atoms with Crippen LogP contribution in [0.3, 0.4) is 0 Å². The van der Waals surface area contributed by atoms with E-state index < -0.39 is 6.04 Å². The van der Waals surface area contributed by atoms with E-state index in [9.17, 15) is 9.59 Å². The predicted octanol–water partition coefficient (Wildman–Crippen LogP) is 4.05. The van der Waals surface area contributed by atoms with E-state index in [0.717, 1.165) is 44.1 Å². The van der Waals surface area contributed by atoms with Gasteiger partial charge in [0.1, 0.15) is 17.7 Å². The molecule has 0 radical (unpaired) electrons. The second-order valence-corrected chi connectivity index (χ2v) is 7.36. The summed E-state index contributed by atoms with van der Waals surface area (Å²) in [6.07, 6.45) is 7.23. The molecule has 2 rings (SSSR count). The van der Waals surface area contributed by atoms with Gasteiger partial charge in [-0.05, 0) is 37.0 Å². The first kappa shape index (κ1) is 21.5. The van der Waals surface area contributed by atoms with Gasteiger partial charge >= 0.3 is 0 Å². The van der Waals surface area contributed by atoms with Crippen molar-refractivity contribution in [3.8, 4) is 5.75 Å². The van der Waals surface area contributed by atoms with Gasteiger partial charge in [-0.15, -0.1) is 11.6 Å². The van der Waals surface area contributed by atoms with Crippen LogP contribution < -0.4 is 10.1 Å². The predicted molar refractivity (Wildman–Crippen MR) is 108 cm³/mol. The van der Waals surface area contributed by atoms with Gasteiger partial charge in [0.2, 0.25) is 11.8 Å². The van der Waals surface area contributed by atoms with Gasteiger partial charge in [0.05, 0.1) is 7.11 Å². The molecule has 5 nitrogen and oxygen atoms in total. The summed E-state index contributed by atoms with van der Waals surface area (Å²) in [4.78, 5) is 27.4. The summed E-state index contributed by atoms with van der Waals surface area (Å²) >= 11 is 5.86. The molecule has 1 aromatic carbocycles. The van der Waals surface area contributed by atoms with Crippen LogP contribution in [0.1, 0.15) is 63.5 Å². The van der Waals surface area contributed by atoms with E-state index in [1.54, 1.807) is 12.0 Å². The van der Waals surface area contributed by atoms with Crippen molar-refractivity contribution in [1.82, 2.24) is 10.2 Å². The fourth-order valence-corrected chi connectivity index (χ4v) is 3.77. The van der Waals surface area contributed by atoms with Crippen molar-refractivity contribution in [2.45, 2.75) is 64.0 Å². The standard InChI is InChI=1S/C21H31ClN2O3/c1-3-4-13-24(19(25)15-22)20(16-9-8-12-18(14-16)27-2)21(26)23-17-10-6-5-7-11-17/h8-9,12,14,17,20H,3-7,10-11,13,15H2,1-2H3,(H,23,26)/t20-/m1/s1. The smallest absolute Gasteiger partial charge is 0.247 e. The third-order valence-electron chi connectivity index (χ3n) is 5.11. The van der Waals surface area contributed by atoms with Crippen LogP contribution in [0.4, 0.5) is 0 Å². The number of carbonyl (C=O) groups is 2. The van der Waals surface area contributed by atoms with Crippen molar-refractivity contribution in [3.63, 3.8) is 0 Å². The summed E-state index contributed by atoms with van der Waals surface area (Å²) in [6.45, 7) is 2.56. The molecule has 0 heterocycles. The maximum Gasteiger partial charge on any atom is 0.247 e. The van der Waals surface area contributed by atoms with Crippen LogP contribution >= 0.6 is 11.6 Å². The normalized spacial score (nSPS) is 15.8. The number of halogens is 1. The van der Waals surface area contributed by atoms with Gasteiger partial charge < -0.3 is 15.0 Å². The monoisotopic (exact) mass is 394 g/mol. The van der Waals surface area contributed by atoms with Crippen LogP contribution in [-0.4, -0.2) is 42.3 Å². The third-order valence-corrected chi connectivity index (χ3v) is 5.34. The van der Waals surface area contributed by atoms with Crippen LogP contribution in [-0.2, 0) is 9.59 Å². The molecule has 0 aromatic heterocycles. The van der Waals surface area contributed by atoms with E-state index in [1.165, 1.54) is 6.42 Å². The van der Waals surface area contributed by atoms with Crippen molar-refractivity contribution >= 4 is 23.4 Å². The number of benzene rings is 1. The Kier molecular flexibility index (Phi) is 8.92. The number of rotatable bonds is 9. The zero-order valence-corrected chi connectivity index (χ0v) is 17.1. The number of ether oxygens (including phenoxy) is 1. The molecular formula is C21H31ClN2O3. The fourth-order valence-electron chi connectivity index (χ4n) is 3.61. The van der Waals surface area contributed by atoms with E-state index in [4.69, 9.17) is 16.3 Å². The number of nitrogens with one attached hydrogen (secondary N) is 1. The Balaban J connectivity index is 2.32. The molecule has 0 unspecified atom stereocenters. The molecule has 2 amide bonds. The molecule has 6 heteroatoms. The van der Waals surface area contributed by atoms with E-state index in [1.807, 2.05) is 24.3 Å². The molecule has 1 N–H and O–H groups in total. The average Bonchev–Trinajstić information content (AvgIpc) is 2.71. The number of unbranched alkanes of at least 4 members (excludes halogenated alkanes) is 1. The summed E-state index contributed by atoms with van der Waals surface area (Å²) in [5.41, 5.74) is 0.747. The zero-order valence-electron chi connectivity index (χ0n) is 16.4. The van der Waals surface area contributed by atoms with Gasteiger partial charge in [-0.2, -0.15) is 0 Å². The van der Waals surface area contributed by atoms with Gasteiger partial charge in [-0.25, -0.2) is 0 Å². The second kappa shape index (κ2) is 11.2. The number of nitrogens with zero attached hydrogens (tertiary/aromatic N) is 1. The first-order valence-corrected chi connectivity index (χ1v) is 10.4. The lowest BCUT2D eigenvalue weighted by molar-refractivity contribution is -0.139. The molecule has 1 aromatic rings. The third kappa shape index (κ3) is 6.13. The fraction of sp³-hybridized carbons (Fsp3) is 0.619. The van der Waals surface area contributed by atoms with Crippen molar-refractivity contribution in [3.05, 3.63) is 29.8 Å². The van der Waals surface area contributed by atoms with Crippen LogP contribution in [0.2, 0.25) is 0 Å². The highest BCUT2D eigenvalue weighted by atomic mass is 35.5. The maximum absolute atomic E-state index is 13.2. The van der Waals surface area contributed by atoms with Gasteiger partial charge in [-0.3, -0.25) is 9.59 Å². The molecule has 1 atom stereocenters. The highest BCUT2D eigenvalue weighted by Gasteiger charge is 2.32. The van der Waals surface area contributed by atoms with Gasteiger partial charge in [0.25, 0.3) is 0 Å². The summed E-state index contributed by atoms with van der Waals surface area (Å²) in [6, 6.07) is 6.86. The average molecular weight is 395 g/mol. The highest BCUT2D eigenvalue weighted by Crippen LogP contribution is 2.27. The van der Waals surface area contributed by atoms with Crippen LogP contribution in [0.15, 0.2) is 24.3 Å². The van der Waals surface area contributed by atoms with Crippen molar-refractivity contribution in [2.24, 2.45) is 0 Å². The summed E-state index contributed by atoms with van der Waals surface area (Å²) in [5, 5.41) is 3.17. The van der Waals surface area contributed by atoms with E-state index >= 15 is 0 Å². The second-order valence-electron chi connectivity index (χ2n) is 7.10. The van der Waals surface area contributed by atoms with Gasteiger partial charge in [0, 0.05) is 12.6 Å². The topological polar surface area (TPSA) is 58.6 Å². The van der Waals surface area contributed by atoms with E-state index in [0.29, 0.717) is 12.3 Å². The Hall–Kier alpha value is -1.75. The Morgan fingerprint density at radius 1 is 1.30 bits per heavy atom. The van der Waals surface area contributed by atoms with E-state index in [-0.39, 0.29) is 23.7 Å². The summed E-state index contributed by atoms with van der Waals surface area (Å²) < 4.78 is 5.32. The molecular weight excluding hydrogens is 364 g/mol. The molecule has 27 heavy (non-hydrogen) atoms. The number of methoxy groups -OCH3 is 1. The lowest BCUT2D eigenvalue weighted by Gasteiger charge is -2.33. The lowest BCUT2D eigenvalue weighted by Crippen LogP contribution is -2.47. The quantitative estimate of drug-likeness (QED) is 0.642. The number of carbonyl (C=O) groups excluding carboxylic acids is 2. The molecule has 1 saturated carbocycles. The van der Waals surface area contributed by atoms with E-state index in [2.05, 4.69) is 12.2 Å². The van der Waals surface area contributed by atoms with Gasteiger partial charge in [0.15, 0.2) is 0 Å². The highest BCUT2D eigenvalue weighted by molar-refractivity contribution is 6.27. The minimum Gasteiger partial charge on any atom is -0.497 e. The molecule has 1 aliphatic rings. The lowest BCUT2D eigenvalue weighted by atomic mass is 9.94. The maximum atomic E-state index is 13.2. The Morgan fingerprint density at radius 3 is 2.67 bits per heavy atom.